The molecule has 1 unspecified atom stereocenters. The van der Waals surface area contributed by atoms with Crippen LogP contribution >= 0.6 is 0 Å². The first-order valence-electron chi connectivity index (χ1n) is 24.6. The highest BCUT2D eigenvalue weighted by molar-refractivity contribution is 6.39. The van der Waals surface area contributed by atoms with E-state index in [-0.39, 0.29) is 39.0 Å². The number of ketones is 4. The maximum atomic E-state index is 13.6. The van der Waals surface area contributed by atoms with Crippen LogP contribution in [0.2, 0.25) is 0 Å². The number of aromatic amines is 1. The number of urea groups is 2. The summed E-state index contributed by atoms with van der Waals surface area (Å²) in [5.74, 6) is -3.46. The lowest BCUT2D eigenvalue weighted by molar-refractivity contribution is -0.226. The highest BCUT2D eigenvalue weighted by Gasteiger charge is 2.45. The summed E-state index contributed by atoms with van der Waals surface area (Å²) in [5.41, 5.74) is 11.8. The van der Waals surface area contributed by atoms with E-state index in [2.05, 4.69) is 59.4 Å². The standard InChI is InChI=1S/C27H29N5O5.C27H29N3O7/c1-27(2)14-36-25(37-15-27)17-8-6-16(7-9-17)22-21-23(30-29-22)18-4-3-5-19(20(18)24(21)33)28-26(34)31-32-10-12-35-13-11-32;1-27(2)14-36-25(37-15-27)17-8-6-16(7-9-17)22(31)21-23(32)18-4-3-5-19(20(18)24(21)33)28-26(34)29-30-10-12-35-13-11-30/h3-9,25H,10-15H2,1-2H3,(H,29,30)(H2,28,31,34);3-9,21,25H,10-15H2,1-2H3,(H2,28,29,34). The van der Waals surface area contributed by atoms with Crippen LogP contribution in [0.4, 0.5) is 21.0 Å². The second-order valence-electron chi connectivity index (χ2n) is 20.4. The number of nitrogens with one attached hydrogen (secondary N) is 5. The van der Waals surface area contributed by atoms with Crippen molar-refractivity contribution in [3.63, 3.8) is 0 Å². The predicted octanol–water partition coefficient (Wildman–Crippen LogP) is 6.73. The first-order chi connectivity index (χ1) is 35.6. The number of nitrogens with zero attached hydrogens (tertiary/aromatic N) is 3. The third kappa shape index (κ3) is 10.7. The number of benzene rings is 4. The van der Waals surface area contributed by atoms with Gasteiger partial charge >= 0.3 is 12.1 Å². The molecule has 1 atom stereocenters. The van der Waals surface area contributed by atoms with Gasteiger partial charge in [-0.2, -0.15) is 5.10 Å². The molecule has 74 heavy (non-hydrogen) atoms. The molecule has 20 heteroatoms. The minimum atomic E-state index is -1.49. The molecule has 5 N–H and O–H groups in total. The van der Waals surface area contributed by atoms with Crippen LogP contribution in [0.15, 0.2) is 84.9 Å². The Morgan fingerprint density at radius 3 is 1.57 bits per heavy atom. The van der Waals surface area contributed by atoms with E-state index in [0.29, 0.717) is 113 Å². The fourth-order valence-electron chi connectivity index (χ4n) is 9.46. The van der Waals surface area contributed by atoms with Crippen molar-refractivity contribution in [2.24, 2.45) is 16.7 Å². The quantitative estimate of drug-likeness (QED) is 0.0745. The van der Waals surface area contributed by atoms with Crippen LogP contribution in [0.1, 0.15) is 98.4 Å². The molecule has 6 aliphatic rings. The van der Waals surface area contributed by atoms with Crippen molar-refractivity contribution in [1.29, 1.82) is 0 Å². The molecule has 386 valence electrons. The number of carbonyl (C=O) groups excluding carboxylic acids is 6. The Morgan fingerprint density at radius 2 is 1.05 bits per heavy atom. The van der Waals surface area contributed by atoms with E-state index in [9.17, 15) is 28.8 Å². The topological polar surface area (TPSA) is 241 Å². The van der Waals surface area contributed by atoms with Gasteiger partial charge in [0, 0.05) is 70.4 Å². The average molecular weight is 1010 g/mol. The molecular formula is C54H58N8O12. The van der Waals surface area contributed by atoms with Gasteiger partial charge in [0.1, 0.15) is 11.6 Å². The fraction of sp³-hybridized carbons (Fsp3) is 0.389. The highest BCUT2D eigenvalue weighted by Crippen LogP contribution is 2.43. The molecule has 4 saturated heterocycles. The van der Waals surface area contributed by atoms with Crippen molar-refractivity contribution in [2.45, 2.75) is 40.3 Å². The Balaban J connectivity index is 0.000000169. The van der Waals surface area contributed by atoms with Gasteiger partial charge in [0.15, 0.2) is 35.7 Å². The summed E-state index contributed by atoms with van der Waals surface area (Å²) in [6.45, 7) is 15.0. The first kappa shape index (κ1) is 50.5. The van der Waals surface area contributed by atoms with E-state index in [1.165, 1.54) is 12.1 Å². The maximum Gasteiger partial charge on any atom is 0.333 e. The van der Waals surface area contributed by atoms with Crippen LogP contribution in [0.3, 0.4) is 0 Å². The van der Waals surface area contributed by atoms with Gasteiger partial charge in [-0.1, -0.05) is 100 Å². The van der Waals surface area contributed by atoms with Gasteiger partial charge in [0.2, 0.25) is 0 Å². The molecule has 4 aromatic carbocycles. The Bertz CT molecular complexity index is 2960. The molecule has 11 rings (SSSR count). The van der Waals surface area contributed by atoms with E-state index in [1.807, 2.05) is 36.4 Å². The monoisotopic (exact) mass is 1010 g/mol. The Morgan fingerprint density at radius 1 is 0.581 bits per heavy atom. The molecule has 0 radical (unpaired) electrons. The normalized spacial score (nSPS) is 20.6. The minimum absolute atomic E-state index is 0.00169. The van der Waals surface area contributed by atoms with E-state index in [1.54, 1.807) is 46.4 Å². The van der Waals surface area contributed by atoms with Crippen molar-refractivity contribution in [2.75, 3.05) is 89.7 Å². The van der Waals surface area contributed by atoms with E-state index in [0.717, 1.165) is 16.7 Å². The zero-order chi connectivity index (χ0) is 51.7. The molecular weight excluding hydrogens is 953 g/mol. The lowest BCUT2D eigenvalue weighted by atomic mass is 9.92. The third-order valence-corrected chi connectivity index (χ3v) is 13.4. The lowest BCUT2D eigenvalue weighted by Crippen LogP contribution is -2.49. The Hall–Kier alpha value is -7.01. The van der Waals surface area contributed by atoms with Crippen molar-refractivity contribution in [3.05, 3.63) is 124 Å². The van der Waals surface area contributed by atoms with Crippen LogP contribution in [0, 0.1) is 16.7 Å². The number of fused-ring (bicyclic) bond motifs is 4. The number of hydrogen-bond acceptors (Lipinski definition) is 15. The zero-order valence-corrected chi connectivity index (χ0v) is 41.5. The van der Waals surface area contributed by atoms with Crippen LogP contribution in [-0.2, 0) is 28.4 Å². The number of ether oxygens (including phenoxy) is 6. The van der Waals surface area contributed by atoms with Gasteiger partial charge in [0.05, 0.1) is 86.6 Å². The summed E-state index contributed by atoms with van der Waals surface area (Å²) in [6, 6.07) is 23.3. The molecule has 0 spiro atoms. The number of aromatic nitrogens is 2. The molecule has 0 saturated carbocycles. The van der Waals surface area contributed by atoms with Gasteiger partial charge in [-0.3, -0.25) is 35.1 Å². The molecule has 5 heterocycles. The summed E-state index contributed by atoms with van der Waals surface area (Å²) in [5, 5.41) is 16.5. The average Bonchev–Trinajstić information content (AvgIpc) is 4.04. The number of hydrogen-bond donors (Lipinski definition) is 5. The van der Waals surface area contributed by atoms with E-state index >= 15 is 0 Å². The summed E-state index contributed by atoms with van der Waals surface area (Å²) in [7, 11) is 0. The summed E-state index contributed by atoms with van der Waals surface area (Å²) in [6.07, 6.45) is -0.941. The van der Waals surface area contributed by atoms with Crippen molar-refractivity contribution >= 4 is 46.6 Å². The number of morpholine rings is 2. The minimum Gasteiger partial charge on any atom is -0.379 e. The van der Waals surface area contributed by atoms with E-state index in [4.69, 9.17) is 28.4 Å². The molecule has 4 amide bonds. The van der Waals surface area contributed by atoms with E-state index < -0.39 is 47.9 Å². The number of carbonyl (C=O) groups is 6. The van der Waals surface area contributed by atoms with Crippen molar-refractivity contribution < 1.29 is 57.2 Å². The number of anilines is 2. The summed E-state index contributed by atoms with van der Waals surface area (Å²) in [4.78, 5) is 78.5. The largest absolute Gasteiger partial charge is 0.379 e. The zero-order valence-electron chi connectivity index (χ0n) is 41.5. The molecule has 20 nitrogen and oxygen atoms in total. The predicted molar refractivity (Wildman–Crippen MR) is 268 cm³/mol. The first-order valence-corrected chi connectivity index (χ1v) is 24.6. The summed E-state index contributed by atoms with van der Waals surface area (Å²) < 4.78 is 33.9. The number of H-pyrrole nitrogens is 1. The molecule has 2 aliphatic carbocycles. The molecule has 1 aromatic heterocycles. The lowest BCUT2D eigenvalue weighted by Gasteiger charge is -2.34. The number of amides is 4. The van der Waals surface area contributed by atoms with Gasteiger partial charge in [-0.25, -0.2) is 19.6 Å². The highest BCUT2D eigenvalue weighted by atomic mass is 16.7. The Kier molecular flexibility index (Phi) is 14.4. The van der Waals surface area contributed by atoms with Gasteiger partial charge in [-0.05, 0) is 12.1 Å². The number of Topliss-reactive ketones (excluding diaryl/α,β-unsaturated/α-hetero) is 3. The second-order valence-corrected chi connectivity index (χ2v) is 20.4. The molecule has 5 aromatic rings. The SMILES string of the molecule is CC1(C)COC(c2ccc(-c3n[nH]c4c3C(=O)c3c(NC(=O)NN5CCOCC5)cccc3-4)cc2)OC1.CC1(C)COC(c2ccc(C(=O)C3C(=O)c4cccc(NC(=O)NN5CCOCC5)c4C3=O)cc2)OC1. The van der Waals surface area contributed by atoms with Crippen LogP contribution in [-0.4, -0.2) is 134 Å². The van der Waals surface area contributed by atoms with Crippen molar-refractivity contribution in [1.82, 2.24) is 31.1 Å². The van der Waals surface area contributed by atoms with Gasteiger partial charge in [0.25, 0.3) is 0 Å². The molecule has 0 bridgehead atoms. The van der Waals surface area contributed by atoms with Gasteiger partial charge < -0.3 is 39.1 Å². The molecule has 4 aliphatic heterocycles. The molecule has 4 fully saturated rings. The summed E-state index contributed by atoms with van der Waals surface area (Å²) >= 11 is 0. The number of rotatable bonds is 9. The van der Waals surface area contributed by atoms with Crippen LogP contribution < -0.4 is 21.5 Å². The smallest absolute Gasteiger partial charge is 0.333 e. The Labute approximate surface area is 426 Å². The maximum absolute atomic E-state index is 13.6. The van der Waals surface area contributed by atoms with Crippen LogP contribution in [0.25, 0.3) is 22.5 Å². The van der Waals surface area contributed by atoms with Crippen molar-refractivity contribution in [3.8, 4) is 22.5 Å². The van der Waals surface area contributed by atoms with Gasteiger partial charge in [-0.15, -0.1) is 0 Å². The van der Waals surface area contributed by atoms with Crippen LogP contribution in [0.5, 0.6) is 0 Å². The fourth-order valence-corrected chi connectivity index (χ4v) is 9.46. The number of hydrazine groups is 2. The third-order valence-electron chi connectivity index (χ3n) is 13.4. The second kappa shape index (κ2) is 21.1.